The van der Waals surface area contributed by atoms with Crippen LogP contribution >= 0.6 is 31.3 Å². The van der Waals surface area contributed by atoms with Gasteiger partial charge in [0.2, 0.25) is 0 Å². The number of unbranched alkanes of at least 4 members (excludes halogenated alkanes) is 22. The minimum Gasteiger partial charge on any atom is -0.461 e. The molecule has 304 valence electrons. The second-order valence-electron chi connectivity index (χ2n) is 13.6. The Kier molecular flexibility index (Phi) is 37.7. The second-order valence-corrected chi connectivity index (χ2v) is 17.2. The van der Waals surface area contributed by atoms with E-state index in [4.69, 9.17) is 19.1 Å². The maximum atomic E-state index is 12.5. The van der Waals surface area contributed by atoms with Crippen molar-refractivity contribution in [3.8, 4) is 0 Å². The Labute approximate surface area is 319 Å². The number of ether oxygens (including phenoxy) is 2. The van der Waals surface area contributed by atoms with Crippen molar-refractivity contribution in [1.29, 1.82) is 0 Å². The van der Waals surface area contributed by atoms with Crippen LogP contribution in [0.1, 0.15) is 168 Å². The Morgan fingerprint density at radius 2 is 0.941 bits per heavy atom. The van der Waals surface area contributed by atoms with Crippen molar-refractivity contribution >= 4 is 43.3 Å². The Balaban J connectivity index is 4.28. The fraction of sp³-hybridized carbons (Fsp3) is 0.947. The third kappa shape index (κ3) is 37.8. The first-order valence-electron chi connectivity index (χ1n) is 20.1. The molecule has 0 rings (SSSR count). The van der Waals surface area contributed by atoms with Crippen molar-refractivity contribution < 1.29 is 47.8 Å². The van der Waals surface area contributed by atoms with E-state index in [1.54, 1.807) is 0 Å². The average molecular weight is 787 g/mol. The van der Waals surface area contributed by atoms with E-state index in [1.165, 1.54) is 152 Å². The minimum absolute atomic E-state index is 0.105. The van der Waals surface area contributed by atoms with Gasteiger partial charge in [-0.1, -0.05) is 155 Å². The quantitative estimate of drug-likeness (QED) is 0.0308. The number of thioether (sulfide) groups is 2. The molecule has 3 N–H and O–H groups in total. The number of rotatable bonds is 40. The Morgan fingerprint density at radius 3 is 1.35 bits per heavy atom. The lowest BCUT2D eigenvalue weighted by atomic mass is 10.1. The molecule has 0 saturated heterocycles. The number of esters is 2. The number of carbonyl (C=O) groups excluding carboxylic acids is 2. The van der Waals surface area contributed by atoms with Gasteiger partial charge in [0.15, 0.2) is 6.10 Å². The molecule has 0 saturated carbocycles. The third-order valence-electron chi connectivity index (χ3n) is 8.52. The molecular formula is C38H75O10PS2. The van der Waals surface area contributed by atoms with Crippen LogP contribution in [0.15, 0.2) is 0 Å². The molecule has 0 aliphatic rings. The topological polar surface area (TPSA) is 149 Å². The van der Waals surface area contributed by atoms with E-state index in [0.717, 1.165) is 37.2 Å². The fourth-order valence-electron chi connectivity index (χ4n) is 5.41. The molecule has 10 nitrogen and oxygen atoms in total. The van der Waals surface area contributed by atoms with Crippen LogP contribution < -0.4 is 0 Å². The predicted octanol–water partition coefficient (Wildman–Crippen LogP) is 9.80. The number of aliphatic hydroxyl groups excluding tert-OH is 2. The summed E-state index contributed by atoms with van der Waals surface area (Å²) in [6, 6.07) is 0. The lowest BCUT2D eigenvalue weighted by Crippen LogP contribution is -2.31. The van der Waals surface area contributed by atoms with Gasteiger partial charge in [-0.3, -0.25) is 18.6 Å². The van der Waals surface area contributed by atoms with Crippen LogP contribution in [0.5, 0.6) is 0 Å². The van der Waals surface area contributed by atoms with Gasteiger partial charge in [-0.15, -0.1) is 0 Å². The molecule has 0 aromatic heterocycles. The van der Waals surface area contributed by atoms with Crippen molar-refractivity contribution in [2.45, 2.75) is 180 Å². The van der Waals surface area contributed by atoms with Crippen molar-refractivity contribution in [3.05, 3.63) is 0 Å². The highest BCUT2D eigenvalue weighted by Crippen LogP contribution is 2.43. The van der Waals surface area contributed by atoms with E-state index in [0.29, 0.717) is 0 Å². The predicted molar refractivity (Wildman–Crippen MR) is 212 cm³/mol. The smallest absolute Gasteiger partial charge is 0.461 e. The number of phosphoric ester groups is 1. The van der Waals surface area contributed by atoms with Crippen molar-refractivity contribution in [2.24, 2.45) is 0 Å². The fourth-order valence-corrected chi connectivity index (χ4v) is 7.79. The number of carbonyl (C=O) groups is 2. The molecule has 0 amide bonds. The van der Waals surface area contributed by atoms with Gasteiger partial charge in [-0.25, -0.2) is 4.57 Å². The molecule has 0 heterocycles. The largest absolute Gasteiger partial charge is 0.472 e. The zero-order valence-corrected chi connectivity index (χ0v) is 34.8. The van der Waals surface area contributed by atoms with Gasteiger partial charge >= 0.3 is 19.8 Å². The first kappa shape index (κ1) is 50.7. The summed E-state index contributed by atoms with van der Waals surface area (Å²) in [5, 5.41) is 18.3. The number of hydrogen-bond donors (Lipinski definition) is 3. The van der Waals surface area contributed by atoms with Gasteiger partial charge in [0.25, 0.3) is 0 Å². The molecule has 0 bridgehead atoms. The van der Waals surface area contributed by atoms with Crippen LogP contribution in [-0.2, 0) is 32.7 Å². The molecule has 0 aliphatic carbocycles. The Bertz CT molecular complexity index is 839. The Morgan fingerprint density at radius 1 is 0.569 bits per heavy atom. The van der Waals surface area contributed by atoms with E-state index < -0.39 is 51.8 Å². The number of hydrogen-bond acceptors (Lipinski definition) is 11. The number of phosphoric acid groups is 1. The summed E-state index contributed by atoms with van der Waals surface area (Å²) in [6.45, 7) is 2.35. The third-order valence-corrected chi connectivity index (χ3v) is 11.5. The van der Waals surface area contributed by atoms with E-state index >= 15 is 0 Å². The van der Waals surface area contributed by atoms with Crippen LogP contribution in [0.4, 0.5) is 0 Å². The summed E-state index contributed by atoms with van der Waals surface area (Å²) >= 11 is 2.96. The van der Waals surface area contributed by atoms with Crippen molar-refractivity contribution in [3.63, 3.8) is 0 Å². The molecule has 0 aliphatic heterocycles. The van der Waals surface area contributed by atoms with Crippen molar-refractivity contribution in [1.82, 2.24) is 0 Å². The molecule has 13 heteroatoms. The summed E-state index contributed by atoms with van der Waals surface area (Å²) in [6.07, 6.45) is 28.1. The lowest BCUT2D eigenvalue weighted by Gasteiger charge is -2.20. The maximum absolute atomic E-state index is 12.5. The summed E-state index contributed by atoms with van der Waals surface area (Å²) in [5.74, 6) is 0.953. The van der Waals surface area contributed by atoms with Gasteiger partial charge in [0.1, 0.15) is 12.7 Å². The molecule has 51 heavy (non-hydrogen) atoms. The zero-order chi connectivity index (χ0) is 37.7. The summed E-state index contributed by atoms with van der Waals surface area (Å²) < 4.78 is 32.6. The SMILES string of the molecule is CCCCCCCCCCCCCCSCC(=O)OC[C@H](COP(=O)(O)OCC(O)CO)OC(=O)CSCCCCCCCCCCCCCC. The monoisotopic (exact) mass is 786 g/mol. The van der Waals surface area contributed by atoms with E-state index in [-0.39, 0.29) is 18.1 Å². The molecule has 2 unspecified atom stereocenters. The summed E-state index contributed by atoms with van der Waals surface area (Å²) in [7, 11) is -4.61. The summed E-state index contributed by atoms with van der Waals surface area (Å²) in [5.41, 5.74) is 0. The van der Waals surface area contributed by atoms with E-state index in [1.807, 2.05) is 0 Å². The van der Waals surface area contributed by atoms with Gasteiger partial charge in [-0.05, 0) is 24.3 Å². The molecular weight excluding hydrogens is 712 g/mol. The normalized spacial score (nSPS) is 13.9. The van der Waals surface area contributed by atoms with Crippen LogP contribution in [0, 0.1) is 0 Å². The van der Waals surface area contributed by atoms with Gasteiger partial charge < -0.3 is 24.6 Å². The van der Waals surface area contributed by atoms with Gasteiger partial charge in [0, 0.05) is 0 Å². The van der Waals surface area contributed by atoms with Crippen LogP contribution in [0.25, 0.3) is 0 Å². The molecule has 3 atom stereocenters. The Hall–Kier alpha value is -0.330. The maximum Gasteiger partial charge on any atom is 0.472 e. The minimum atomic E-state index is -4.61. The van der Waals surface area contributed by atoms with Crippen LogP contribution in [0.2, 0.25) is 0 Å². The lowest BCUT2D eigenvalue weighted by molar-refractivity contribution is -0.157. The standard InChI is InChI=1S/C38H75O10PS2/c1-3-5-7-9-11-13-15-17-19-21-23-25-27-50-33-37(41)45-31-36(32-47-49(43,44)46-30-35(40)29-39)48-38(42)34-51-28-26-24-22-20-18-16-14-12-10-8-6-4-2/h35-36,39-40H,3-34H2,1-2H3,(H,43,44)/t35?,36-/m1/s1. The molecule has 0 radical (unpaired) electrons. The molecule has 0 fully saturated rings. The first-order valence-corrected chi connectivity index (χ1v) is 24.0. The number of aliphatic hydroxyl groups is 2. The highest BCUT2D eigenvalue weighted by molar-refractivity contribution is 8.00. The second kappa shape index (κ2) is 38.0. The molecule has 0 spiro atoms. The highest BCUT2D eigenvalue weighted by Gasteiger charge is 2.27. The van der Waals surface area contributed by atoms with E-state index in [2.05, 4.69) is 18.4 Å². The van der Waals surface area contributed by atoms with Crippen LogP contribution in [-0.4, -0.2) is 88.7 Å². The summed E-state index contributed by atoms with van der Waals surface area (Å²) in [4.78, 5) is 34.8. The van der Waals surface area contributed by atoms with Gasteiger partial charge in [-0.2, -0.15) is 23.5 Å². The molecule has 0 aromatic rings. The average Bonchev–Trinajstić information content (AvgIpc) is 3.12. The zero-order valence-electron chi connectivity index (χ0n) is 32.2. The van der Waals surface area contributed by atoms with Gasteiger partial charge in [0.05, 0.1) is 31.3 Å². The highest BCUT2D eigenvalue weighted by atomic mass is 32.2. The van der Waals surface area contributed by atoms with Crippen LogP contribution in [0.3, 0.4) is 0 Å². The molecule has 0 aromatic carbocycles. The first-order chi connectivity index (χ1) is 24.7. The van der Waals surface area contributed by atoms with Crippen molar-refractivity contribution in [2.75, 3.05) is 49.4 Å². The van der Waals surface area contributed by atoms with E-state index in [9.17, 15) is 24.2 Å².